The maximum Gasteiger partial charge on any atom is 0.262 e. The molecule has 0 heterocycles. The Morgan fingerprint density at radius 2 is 1.32 bits per heavy atom. The molecular weight excluding hydrogens is 434 g/mol. The zero-order valence-corrected chi connectivity index (χ0v) is 23.2. The molecule has 0 aliphatic carbocycles. The predicted molar refractivity (Wildman–Crippen MR) is 142 cm³/mol. The van der Waals surface area contributed by atoms with Gasteiger partial charge in [0, 0.05) is 19.4 Å². The molecule has 2 atom stereocenters. The Morgan fingerprint density at radius 3 is 1.68 bits per heavy atom. The Kier molecular flexibility index (Phi) is 18.0. The highest BCUT2D eigenvalue weighted by Crippen LogP contribution is 2.45. The molecule has 34 heavy (non-hydrogen) atoms. The summed E-state index contributed by atoms with van der Waals surface area (Å²) in [6.07, 6.45) is 6.60. The van der Waals surface area contributed by atoms with E-state index in [1.807, 2.05) is 0 Å². The summed E-state index contributed by atoms with van der Waals surface area (Å²) in [4.78, 5) is 22.2. The van der Waals surface area contributed by atoms with Gasteiger partial charge in [0.05, 0.1) is 5.41 Å². The molecule has 198 valence electrons. The second kappa shape index (κ2) is 16.7. The highest BCUT2D eigenvalue weighted by Gasteiger charge is 2.53. The van der Waals surface area contributed by atoms with Gasteiger partial charge in [0.15, 0.2) is 0 Å². The Bertz CT molecular complexity index is 685. The Balaban J connectivity index is -0.00000144. The lowest BCUT2D eigenvalue weighted by Gasteiger charge is -2.37. The van der Waals surface area contributed by atoms with Crippen molar-refractivity contribution in [2.75, 3.05) is 7.11 Å². The first-order valence-corrected chi connectivity index (χ1v) is 11.8. The number of allylic oxidation sites excluding steroid dienone is 4. The lowest BCUT2D eigenvalue weighted by Crippen LogP contribution is -2.46. The second-order valence-electron chi connectivity index (χ2n) is 10.3. The summed E-state index contributed by atoms with van der Waals surface area (Å²) in [7, 11) is 1.00. The Hall–Kier alpha value is -1.88. The first-order valence-electron chi connectivity index (χ1n) is 11.8. The number of halogens is 2. The summed E-state index contributed by atoms with van der Waals surface area (Å²) >= 11 is 0. The summed E-state index contributed by atoms with van der Waals surface area (Å²) in [6, 6.07) is 0. The summed E-state index contributed by atoms with van der Waals surface area (Å²) in [5.41, 5.74) is 0.0328. The third-order valence-corrected chi connectivity index (χ3v) is 6.24. The lowest BCUT2D eigenvalue weighted by molar-refractivity contribution is -0.166. The van der Waals surface area contributed by atoms with Gasteiger partial charge in [-0.1, -0.05) is 77.3 Å². The van der Waals surface area contributed by atoms with Crippen molar-refractivity contribution in [3.05, 3.63) is 49.6 Å². The number of ketones is 2. The SMILES string of the molecule is C=CC(=C)CCC(C)(CCC(=O)C(C)(C)C(F)(F)C(C)C)CC(C)C(=C)C=C.CC(C)=O.CO. The number of rotatable bonds is 14. The molecule has 0 aromatic carbocycles. The molecule has 1 N–H and O–H groups in total. The molecule has 0 spiro atoms. The average Bonchev–Trinajstić information content (AvgIpc) is 2.75. The van der Waals surface area contributed by atoms with E-state index in [-0.39, 0.29) is 29.3 Å². The molecule has 0 saturated heterocycles. The number of carbonyl (C=O) groups is 2. The predicted octanol–water partition coefficient (Wildman–Crippen LogP) is 8.15. The lowest BCUT2D eigenvalue weighted by atomic mass is 9.69. The van der Waals surface area contributed by atoms with Crippen molar-refractivity contribution in [3.63, 3.8) is 0 Å². The van der Waals surface area contributed by atoms with Crippen molar-refractivity contribution < 1.29 is 23.5 Å². The smallest absolute Gasteiger partial charge is 0.262 e. The van der Waals surface area contributed by atoms with Gasteiger partial charge in [-0.2, -0.15) is 0 Å². The van der Waals surface area contributed by atoms with E-state index in [2.05, 4.69) is 40.2 Å². The standard InChI is InChI=1S/C25H40F2O.C3H6O.CH4O/c1-11-19(5)13-15-24(10,17-21(7)20(6)12-2)16-14-22(28)23(8,9)25(26,27)18(3)4;1-3(2)4;1-2/h11-12,18,21H,1-2,5-6,13-17H2,3-4,7-10H3;1-2H3;2H,1H3. The number of hydrogen-bond donors (Lipinski definition) is 1. The topological polar surface area (TPSA) is 54.4 Å². The van der Waals surface area contributed by atoms with Crippen LogP contribution < -0.4 is 0 Å². The number of aliphatic hydroxyl groups is 1. The van der Waals surface area contributed by atoms with E-state index in [9.17, 15) is 18.4 Å². The molecule has 0 bridgehead atoms. The first kappa shape index (κ1) is 36.7. The van der Waals surface area contributed by atoms with Crippen LogP contribution in [0.2, 0.25) is 0 Å². The fraction of sp³-hybridized carbons (Fsp3) is 0.655. The number of hydrogen-bond acceptors (Lipinski definition) is 3. The van der Waals surface area contributed by atoms with Crippen molar-refractivity contribution in [3.8, 4) is 0 Å². The summed E-state index contributed by atoms with van der Waals surface area (Å²) in [5.74, 6) is -3.93. The van der Waals surface area contributed by atoms with Gasteiger partial charge < -0.3 is 9.90 Å². The number of carbonyl (C=O) groups excluding carboxylic acids is 2. The van der Waals surface area contributed by atoms with E-state index in [4.69, 9.17) is 5.11 Å². The molecular formula is C29H50F2O3. The minimum absolute atomic E-state index is 0.139. The molecule has 0 rings (SSSR count). The average molecular weight is 485 g/mol. The highest BCUT2D eigenvalue weighted by atomic mass is 19.3. The highest BCUT2D eigenvalue weighted by molar-refractivity contribution is 5.85. The summed E-state index contributed by atoms with van der Waals surface area (Å²) < 4.78 is 29.2. The van der Waals surface area contributed by atoms with Crippen LogP contribution in [0.5, 0.6) is 0 Å². The van der Waals surface area contributed by atoms with Crippen molar-refractivity contribution >= 4 is 11.6 Å². The van der Waals surface area contributed by atoms with Crippen LogP contribution in [0.3, 0.4) is 0 Å². The van der Waals surface area contributed by atoms with Crippen molar-refractivity contribution in [1.82, 2.24) is 0 Å². The van der Waals surface area contributed by atoms with E-state index < -0.39 is 17.3 Å². The molecule has 2 unspecified atom stereocenters. The summed E-state index contributed by atoms with van der Waals surface area (Å²) in [5, 5.41) is 7.00. The molecule has 0 aliphatic rings. The van der Waals surface area contributed by atoms with Crippen LogP contribution in [-0.4, -0.2) is 29.7 Å². The normalized spacial score (nSPS) is 13.8. The molecule has 0 aromatic heterocycles. The van der Waals surface area contributed by atoms with Crippen LogP contribution in [0, 0.1) is 22.7 Å². The fourth-order valence-corrected chi connectivity index (χ4v) is 3.60. The second-order valence-corrected chi connectivity index (χ2v) is 10.3. The van der Waals surface area contributed by atoms with Gasteiger partial charge in [0.2, 0.25) is 0 Å². The number of alkyl halides is 2. The monoisotopic (exact) mass is 484 g/mol. The molecule has 0 radical (unpaired) electrons. The van der Waals surface area contributed by atoms with Gasteiger partial charge >= 0.3 is 0 Å². The third kappa shape index (κ3) is 13.1. The Labute approximate surface area is 208 Å². The molecule has 3 nitrogen and oxygen atoms in total. The van der Waals surface area contributed by atoms with Crippen molar-refractivity contribution in [2.24, 2.45) is 22.7 Å². The van der Waals surface area contributed by atoms with Crippen LogP contribution in [0.1, 0.15) is 87.5 Å². The molecule has 0 saturated carbocycles. The van der Waals surface area contributed by atoms with Crippen LogP contribution in [0.25, 0.3) is 0 Å². The zero-order valence-electron chi connectivity index (χ0n) is 23.2. The van der Waals surface area contributed by atoms with E-state index in [1.54, 1.807) is 12.2 Å². The van der Waals surface area contributed by atoms with Crippen LogP contribution >= 0.6 is 0 Å². The third-order valence-electron chi connectivity index (χ3n) is 6.24. The molecule has 0 amide bonds. The van der Waals surface area contributed by atoms with Gasteiger partial charge in [0.25, 0.3) is 5.92 Å². The number of aliphatic hydroxyl groups excluding tert-OH is 1. The van der Waals surface area contributed by atoms with Gasteiger partial charge in [0.1, 0.15) is 11.6 Å². The van der Waals surface area contributed by atoms with E-state index in [0.29, 0.717) is 6.42 Å². The van der Waals surface area contributed by atoms with Gasteiger partial charge in [-0.15, -0.1) is 0 Å². The van der Waals surface area contributed by atoms with Crippen LogP contribution in [0.15, 0.2) is 49.6 Å². The quantitative estimate of drug-likeness (QED) is 0.253. The Morgan fingerprint density at radius 1 is 0.912 bits per heavy atom. The van der Waals surface area contributed by atoms with Gasteiger partial charge in [-0.25, -0.2) is 8.78 Å². The molecule has 0 aliphatic heterocycles. The fourth-order valence-electron chi connectivity index (χ4n) is 3.60. The minimum Gasteiger partial charge on any atom is -0.400 e. The maximum atomic E-state index is 14.6. The minimum atomic E-state index is -3.04. The largest absolute Gasteiger partial charge is 0.400 e. The summed E-state index contributed by atoms with van der Waals surface area (Å²) in [6.45, 7) is 28.5. The van der Waals surface area contributed by atoms with Crippen LogP contribution in [0.4, 0.5) is 8.78 Å². The van der Waals surface area contributed by atoms with Crippen molar-refractivity contribution in [2.45, 2.75) is 93.4 Å². The van der Waals surface area contributed by atoms with Gasteiger partial charge in [-0.3, -0.25) is 4.79 Å². The van der Waals surface area contributed by atoms with E-state index in [0.717, 1.165) is 37.5 Å². The van der Waals surface area contributed by atoms with Crippen LogP contribution in [-0.2, 0) is 9.59 Å². The van der Waals surface area contributed by atoms with Gasteiger partial charge in [-0.05, 0) is 64.7 Å². The zero-order chi connectivity index (χ0) is 27.9. The molecule has 0 fully saturated rings. The van der Waals surface area contributed by atoms with E-state index >= 15 is 0 Å². The van der Waals surface area contributed by atoms with E-state index in [1.165, 1.54) is 41.5 Å². The molecule has 0 aromatic rings. The maximum absolute atomic E-state index is 14.6. The molecule has 5 heteroatoms. The number of Topliss-reactive ketones (excluding diaryl/α,β-unsaturated/α-hetero) is 2. The first-order chi connectivity index (χ1) is 15.4. The van der Waals surface area contributed by atoms with Crippen molar-refractivity contribution in [1.29, 1.82) is 0 Å².